The van der Waals surface area contributed by atoms with Crippen molar-refractivity contribution >= 4 is 38.1 Å². The van der Waals surface area contributed by atoms with Crippen LogP contribution >= 0.6 is 0 Å². The Balaban J connectivity index is 2.00. The van der Waals surface area contributed by atoms with Gasteiger partial charge in [0.05, 0.1) is 11.2 Å². The lowest BCUT2D eigenvalue weighted by molar-refractivity contribution is 0.473. The predicted octanol–water partition coefficient (Wildman–Crippen LogP) is 2.71. The number of anilines is 1. The number of fused-ring (bicyclic) bond motifs is 2. The van der Waals surface area contributed by atoms with Crippen LogP contribution in [0.25, 0.3) is 10.9 Å². The van der Waals surface area contributed by atoms with E-state index in [1.807, 2.05) is 0 Å². The highest BCUT2D eigenvalue weighted by Gasteiger charge is 2.30. The lowest BCUT2D eigenvalue weighted by atomic mass is 10.1. The molecule has 0 aliphatic carbocycles. The fraction of sp³-hybridized carbons (Fsp3) is 0.238. The molecule has 2 heterocycles. The molecular weight excluding hydrogens is 404 g/mol. The Morgan fingerprint density at radius 1 is 1.20 bits per heavy atom. The fourth-order valence-electron chi connectivity index (χ4n) is 3.48. The van der Waals surface area contributed by atoms with Crippen molar-refractivity contribution in [2.24, 2.45) is 10.9 Å². The summed E-state index contributed by atoms with van der Waals surface area (Å²) in [7, 11) is -4.01. The first-order valence-electron chi connectivity index (χ1n) is 9.55. The topological polar surface area (TPSA) is 127 Å². The normalized spacial score (nSPS) is 15.0. The average molecular weight is 426 g/mol. The van der Waals surface area contributed by atoms with Crippen molar-refractivity contribution in [2.75, 3.05) is 5.73 Å². The summed E-state index contributed by atoms with van der Waals surface area (Å²) in [5.74, 6) is -0.161. The number of nitrogen functional groups attached to an aromatic ring is 1. The van der Waals surface area contributed by atoms with Crippen molar-refractivity contribution in [1.29, 1.82) is 0 Å². The van der Waals surface area contributed by atoms with Gasteiger partial charge < -0.3 is 15.4 Å². The molecule has 156 valence electrons. The number of hydrogen-bond acceptors (Lipinski definition) is 6. The molecule has 8 nitrogen and oxygen atoms in total. The molecule has 1 aliphatic rings. The van der Waals surface area contributed by atoms with E-state index < -0.39 is 15.6 Å². The summed E-state index contributed by atoms with van der Waals surface area (Å²) in [5, 5.41) is 11.3. The van der Waals surface area contributed by atoms with Crippen molar-refractivity contribution in [3.05, 3.63) is 58.4 Å². The summed E-state index contributed by atoms with van der Waals surface area (Å²) >= 11 is 0. The van der Waals surface area contributed by atoms with E-state index in [0.29, 0.717) is 23.4 Å². The number of nitrogens with one attached hydrogen (secondary N) is 1. The Morgan fingerprint density at radius 2 is 1.93 bits per heavy atom. The predicted molar refractivity (Wildman–Crippen MR) is 117 cm³/mol. The van der Waals surface area contributed by atoms with Crippen LogP contribution in [0.5, 0.6) is 5.75 Å². The van der Waals surface area contributed by atoms with Gasteiger partial charge >= 0.3 is 0 Å². The van der Waals surface area contributed by atoms with Crippen LogP contribution in [-0.4, -0.2) is 23.9 Å². The summed E-state index contributed by atoms with van der Waals surface area (Å²) < 4.78 is 29.4. The SMILES string of the molecule is CC(C)CCn1c(=O)c(C2=Nc3ccc(N)cc3S(=O)(=O)N2)c(O)c2ccccc21. The van der Waals surface area contributed by atoms with Gasteiger partial charge in [0.2, 0.25) is 0 Å². The van der Waals surface area contributed by atoms with E-state index in [2.05, 4.69) is 23.6 Å². The number of nitrogens with zero attached hydrogens (tertiary/aromatic N) is 2. The molecule has 0 spiro atoms. The maximum atomic E-state index is 13.4. The second-order valence-corrected chi connectivity index (χ2v) is 9.32. The van der Waals surface area contributed by atoms with E-state index in [4.69, 9.17) is 5.73 Å². The van der Waals surface area contributed by atoms with Crippen molar-refractivity contribution in [1.82, 2.24) is 9.29 Å². The zero-order valence-electron chi connectivity index (χ0n) is 16.6. The molecule has 0 fully saturated rings. The Bertz CT molecular complexity index is 1360. The largest absolute Gasteiger partial charge is 0.506 e. The standard InChI is InChI=1S/C21H22N4O4S/c1-12(2)9-10-25-16-6-4-3-5-14(16)19(26)18(21(25)27)20-23-15-8-7-13(22)11-17(15)30(28,29)24-20/h3-8,11-12,26H,9-10,22H2,1-2H3,(H,23,24). The zero-order valence-corrected chi connectivity index (χ0v) is 17.4. The number of aliphatic imine (C=N–C) groups is 1. The lowest BCUT2D eigenvalue weighted by Gasteiger charge is -2.21. The van der Waals surface area contributed by atoms with Crippen LogP contribution in [0.1, 0.15) is 25.8 Å². The molecule has 0 radical (unpaired) electrons. The molecule has 0 atom stereocenters. The number of rotatable bonds is 4. The van der Waals surface area contributed by atoms with E-state index in [0.717, 1.165) is 6.42 Å². The molecule has 9 heteroatoms. The van der Waals surface area contributed by atoms with Crippen molar-refractivity contribution in [3.63, 3.8) is 0 Å². The second-order valence-electron chi connectivity index (χ2n) is 7.67. The van der Waals surface area contributed by atoms with Gasteiger partial charge in [-0.05, 0) is 42.7 Å². The first kappa shape index (κ1) is 20.0. The average Bonchev–Trinajstić information content (AvgIpc) is 2.68. The Morgan fingerprint density at radius 3 is 2.67 bits per heavy atom. The summed E-state index contributed by atoms with van der Waals surface area (Å²) in [4.78, 5) is 17.6. The van der Waals surface area contributed by atoms with Gasteiger partial charge in [0.15, 0.2) is 5.84 Å². The van der Waals surface area contributed by atoms with E-state index in [1.54, 1.807) is 28.8 Å². The van der Waals surface area contributed by atoms with Crippen molar-refractivity contribution in [3.8, 4) is 5.75 Å². The molecule has 3 aromatic rings. The third kappa shape index (κ3) is 3.30. The minimum atomic E-state index is -4.01. The minimum absolute atomic E-state index is 0.0772. The summed E-state index contributed by atoms with van der Waals surface area (Å²) in [6.07, 6.45) is 0.744. The molecule has 30 heavy (non-hydrogen) atoms. The molecule has 0 amide bonds. The number of benzene rings is 2. The van der Waals surface area contributed by atoms with Gasteiger partial charge in [-0.3, -0.25) is 9.52 Å². The van der Waals surface area contributed by atoms with Crippen LogP contribution in [0.3, 0.4) is 0 Å². The number of sulfonamides is 1. The van der Waals surface area contributed by atoms with Gasteiger partial charge in [0.25, 0.3) is 15.6 Å². The quantitative estimate of drug-likeness (QED) is 0.553. The maximum absolute atomic E-state index is 13.4. The number of pyridine rings is 1. The number of aromatic nitrogens is 1. The first-order chi connectivity index (χ1) is 14.2. The number of aryl methyl sites for hydroxylation is 1. The highest BCUT2D eigenvalue weighted by molar-refractivity contribution is 7.90. The van der Waals surface area contributed by atoms with E-state index in [-0.39, 0.29) is 33.4 Å². The molecule has 0 bridgehead atoms. The smallest absolute Gasteiger partial charge is 0.265 e. The zero-order chi connectivity index (χ0) is 21.6. The summed E-state index contributed by atoms with van der Waals surface area (Å²) in [6, 6.07) is 11.3. The lowest BCUT2D eigenvalue weighted by Crippen LogP contribution is -2.39. The maximum Gasteiger partial charge on any atom is 0.265 e. The van der Waals surface area contributed by atoms with E-state index in [9.17, 15) is 18.3 Å². The molecule has 4 N–H and O–H groups in total. The molecule has 0 unspecified atom stereocenters. The van der Waals surface area contributed by atoms with E-state index >= 15 is 0 Å². The van der Waals surface area contributed by atoms with Gasteiger partial charge in [0, 0.05) is 17.6 Å². The Labute approximate surface area is 173 Å². The monoisotopic (exact) mass is 426 g/mol. The minimum Gasteiger partial charge on any atom is -0.506 e. The molecule has 0 saturated carbocycles. The molecular formula is C21H22N4O4S. The van der Waals surface area contributed by atoms with Gasteiger partial charge in [-0.15, -0.1) is 0 Å². The Hall–Kier alpha value is -3.33. The molecule has 2 aromatic carbocycles. The van der Waals surface area contributed by atoms with Crippen molar-refractivity contribution < 1.29 is 13.5 Å². The van der Waals surface area contributed by atoms with Crippen LogP contribution in [-0.2, 0) is 16.6 Å². The third-order valence-electron chi connectivity index (χ3n) is 5.05. The number of para-hydroxylation sites is 1. The van der Waals surface area contributed by atoms with Gasteiger partial charge in [-0.1, -0.05) is 26.0 Å². The first-order valence-corrected chi connectivity index (χ1v) is 11.0. The van der Waals surface area contributed by atoms with Gasteiger partial charge in [0.1, 0.15) is 16.2 Å². The highest BCUT2D eigenvalue weighted by atomic mass is 32.2. The van der Waals surface area contributed by atoms with Gasteiger partial charge in [-0.25, -0.2) is 13.4 Å². The van der Waals surface area contributed by atoms with Crippen LogP contribution in [0.2, 0.25) is 0 Å². The van der Waals surface area contributed by atoms with Gasteiger partial charge in [-0.2, -0.15) is 0 Å². The number of hydrogen-bond donors (Lipinski definition) is 3. The summed E-state index contributed by atoms with van der Waals surface area (Å²) in [5.41, 5.74) is 6.03. The van der Waals surface area contributed by atoms with E-state index in [1.165, 1.54) is 18.2 Å². The molecule has 0 saturated heterocycles. The van der Waals surface area contributed by atoms with Crippen LogP contribution in [0.4, 0.5) is 11.4 Å². The number of amidine groups is 1. The summed E-state index contributed by atoms with van der Waals surface area (Å²) in [6.45, 7) is 4.53. The van der Waals surface area contributed by atoms with Crippen molar-refractivity contribution in [2.45, 2.75) is 31.7 Å². The second kappa shape index (κ2) is 7.17. The van der Waals surface area contributed by atoms with Crippen LogP contribution in [0, 0.1) is 5.92 Å². The van der Waals surface area contributed by atoms with Crippen LogP contribution in [0.15, 0.2) is 57.1 Å². The Kier molecular flexibility index (Phi) is 4.77. The van der Waals surface area contributed by atoms with Crippen LogP contribution < -0.4 is 16.0 Å². The molecule has 4 rings (SSSR count). The number of nitrogens with two attached hydrogens (primary N) is 1. The highest BCUT2D eigenvalue weighted by Crippen LogP contribution is 2.33. The number of aromatic hydroxyl groups is 1. The molecule has 1 aliphatic heterocycles. The molecule has 1 aromatic heterocycles. The fourth-order valence-corrected chi connectivity index (χ4v) is 4.68. The third-order valence-corrected chi connectivity index (χ3v) is 6.42.